The summed E-state index contributed by atoms with van der Waals surface area (Å²) < 4.78 is 37.3. The fourth-order valence-corrected chi connectivity index (χ4v) is 2.15. The van der Waals surface area contributed by atoms with Gasteiger partial charge in [-0.15, -0.1) is 0 Å². The van der Waals surface area contributed by atoms with Crippen LogP contribution in [-0.2, 0) is 11.0 Å². The second-order valence-electron chi connectivity index (χ2n) is 5.16. The SMILES string of the molecule is CC(O)CNC(=O)C1CC1c1ccc(C(F)(F)F)cc1. The highest BCUT2D eigenvalue weighted by Gasteiger charge is 2.44. The van der Waals surface area contributed by atoms with Gasteiger partial charge in [0.25, 0.3) is 0 Å². The van der Waals surface area contributed by atoms with Gasteiger partial charge in [-0.1, -0.05) is 12.1 Å². The molecule has 0 saturated heterocycles. The summed E-state index contributed by atoms with van der Waals surface area (Å²) in [4.78, 5) is 11.7. The number of aliphatic hydroxyl groups is 1. The largest absolute Gasteiger partial charge is 0.416 e. The van der Waals surface area contributed by atoms with E-state index in [2.05, 4.69) is 5.32 Å². The minimum Gasteiger partial charge on any atom is -0.392 e. The molecule has 0 radical (unpaired) electrons. The monoisotopic (exact) mass is 287 g/mol. The standard InChI is InChI=1S/C14H16F3NO2/c1-8(19)7-18-13(20)12-6-11(12)9-2-4-10(5-3-9)14(15,16)17/h2-5,8,11-12,19H,6-7H2,1H3,(H,18,20). The average molecular weight is 287 g/mol. The molecule has 0 aliphatic heterocycles. The number of carbonyl (C=O) groups is 1. The zero-order chi connectivity index (χ0) is 14.9. The maximum Gasteiger partial charge on any atom is 0.416 e. The first kappa shape index (κ1) is 14.8. The molecular formula is C14H16F3NO2. The van der Waals surface area contributed by atoms with E-state index in [4.69, 9.17) is 5.11 Å². The summed E-state index contributed by atoms with van der Waals surface area (Å²) in [5, 5.41) is 11.7. The number of nitrogens with one attached hydrogen (secondary N) is 1. The Kier molecular flexibility index (Phi) is 4.04. The van der Waals surface area contributed by atoms with Crippen LogP contribution >= 0.6 is 0 Å². The Hall–Kier alpha value is -1.56. The first-order chi connectivity index (χ1) is 9.29. The molecule has 1 aromatic carbocycles. The van der Waals surface area contributed by atoms with Crippen molar-refractivity contribution < 1.29 is 23.1 Å². The zero-order valence-electron chi connectivity index (χ0n) is 10.9. The number of halogens is 3. The van der Waals surface area contributed by atoms with Crippen molar-refractivity contribution in [3.63, 3.8) is 0 Å². The highest BCUT2D eigenvalue weighted by Crippen LogP contribution is 2.47. The van der Waals surface area contributed by atoms with E-state index in [0.717, 1.165) is 17.7 Å². The van der Waals surface area contributed by atoms with Gasteiger partial charge in [-0.25, -0.2) is 0 Å². The Morgan fingerprint density at radius 1 is 1.40 bits per heavy atom. The van der Waals surface area contributed by atoms with Gasteiger partial charge >= 0.3 is 6.18 Å². The van der Waals surface area contributed by atoms with Crippen LogP contribution in [0.1, 0.15) is 30.4 Å². The summed E-state index contributed by atoms with van der Waals surface area (Å²) >= 11 is 0. The van der Waals surface area contributed by atoms with E-state index < -0.39 is 17.8 Å². The van der Waals surface area contributed by atoms with Crippen molar-refractivity contribution >= 4 is 5.91 Å². The van der Waals surface area contributed by atoms with Crippen molar-refractivity contribution in [2.75, 3.05) is 6.54 Å². The molecule has 20 heavy (non-hydrogen) atoms. The first-order valence-corrected chi connectivity index (χ1v) is 6.42. The third-order valence-electron chi connectivity index (χ3n) is 3.37. The Morgan fingerprint density at radius 2 is 2.00 bits per heavy atom. The highest BCUT2D eigenvalue weighted by molar-refractivity contribution is 5.82. The summed E-state index contributed by atoms with van der Waals surface area (Å²) in [6, 6.07) is 4.93. The molecule has 2 N–H and O–H groups in total. The third kappa shape index (κ3) is 3.50. The molecule has 1 aliphatic carbocycles. The fourth-order valence-electron chi connectivity index (χ4n) is 2.15. The second-order valence-corrected chi connectivity index (χ2v) is 5.16. The maximum atomic E-state index is 12.4. The molecule has 2 rings (SSSR count). The number of rotatable bonds is 4. The highest BCUT2D eigenvalue weighted by atomic mass is 19.4. The molecule has 110 valence electrons. The van der Waals surface area contributed by atoms with E-state index in [1.54, 1.807) is 6.92 Å². The lowest BCUT2D eigenvalue weighted by Crippen LogP contribution is -2.31. The van der Waals surface area contributed by atoms with Gasteiger partial charge in [0.1, 0.15) is 0 Å². The van der Waals surface area contributed by atoms with Gasteiger partial charge in [-0.05, 0) is 37.0 Å². The van der Waals surface area contributed by atoms with Crippen LogP contribution < -0.4 is 5.32 Å². The van der Waals surface area contributed by atoms with E-state index in [1.807, 2.05) is 0 Å². The molecule has 0 bridgehead atoms. The molecule has 1 amide bonds. The summed E-state index contributed by atoms with van der Waals surface area (Å²) in [5.74, 6) is -0.382. The van der Waals surface area contributed by atoms with Gasteiger partial charge in [0, 0.05) is 12.5 Å². The van der Waals surface area contributed by atoms with Crippen molar-refractivity contribution in [3.8, 4) is 0 Å². The summed E-state index contributed by atoms with van der Waals surface area (Å²) in [6.45, 7) is 1.76. The molecule has 0 spiro atoms. The topological polar surface area (TPSA) is 49.3 Å². The Balaban J connectivity index is 1.93. The lowest BCUT2D eigenvalue weighted by Gasteiger charge is -2.08. The number of hydrogen-bond acceptors (Lipinski definition) is 2. The smallest absolute Gasteiger partial charge is 0.392 e. The van der Waals surface area contributed by atoms with Crippen molar-refractivity contribution in [1.29, 1.82) is 0 Å². The summed E-state index contributed by atoms with van der Waals surface area (Å²) in [7, 11) is 0. The van der Waals surface area contributed by atoms with Crippen LogP contribution in [0.25, 0.3) is 0 Å². The molecule has 6 heteroatoms. The van der Waals surface area contributed by atoms with E-state index in [0.29, 0.717) is 6.42 Å². The van der Waals surface area contributed by atoms with Crippen LogP contribution in [-0.4, -0.2) is 23.7 Å². The molecule has 1 aromatic rings. The molecule has 3 unspecified atom stereocenters. The average Bonchev–Trinajstić information content (AvgIpc) is 3.15. The Labute approximate surface area is 114 Å². The molecular weight excluding hydrogens is 271 g/mol. The molecule has 0 heterocycles. The predicted octanol–water partition coefficient (Wildman–Crippen LogP) is 2.31. The zero-order valence-corrected chi connectivity index (χ0v) is 10.9. The van der Waals surface area contributed by atoms with Crippen LogP contribution in [0.15, 0.2) is 24.3 Å². The fraction of sp³-hybridized carbons (Fsp3) is 0.500. The van der Waals surface area contributed by atoms with Gasteiger partial charge < -0.3 is 10.4 Å². The van der Waals surface area contributed by atoms with Gasteiger partial charge in [-0.3, -0.25) is 4.79 Å². The van der Waals surface area contributed by atoms with Crippen molar-refractivity contribution in [1.82, 2.24) is 5.32 Å². The van der Waals surface area contributed by atoms with Crippen LogP contribution in [0.2, 0.25) is 0 Å². The summed E-state index contributed by atoms with van der Waals surface area (Å²) in [6.07, 6.45) is -4.31. The molecule has 3 nitrogen and oxygen atoms in total. The van der Waals surface area contributed by atoms with E-state index in [9.17, 15) is 18.0 Å². The lowest BCUT2D eigenvalue weighted by atomic mass is 10.1. The van der Waals surface area contributed by atoms with Gasteiger partial charge in [0.2, 0.25) is 5.91 Å². The van der Waals surface area contributed by atoms with Gasteiger partial charge in [0.05, 0.1) is 11.7 Å². The summed E-state index contributed by atoms with van der Waals surface area (Å²) in [5.41, 5.74) is 0.0622. The van der Waals surface area contributed by atoms with Crippen LogP contribution in [0.3, 0.4) is 0 Å². The minimum absolute atomic E-state index is 0.0220. The second kappa shape index (κ2) is 5.44. The van der Waals surface area contributed by atoms with Gasteiger partial charge in [-0.2, -0.15) is 13.2 Å². The molecule has 1 aliphatic rings. The predicted molar refractivity (Wildman–Crippen MR) is 67.0 cm³/mol. The third-order valence-corrected chi connectivity index (χ3v) is 3.37. The number of benzene rings is 1. The van der Waals surface area contributed by atoms with Crippen LogP contribution in [0.5, 0.6) is 0 Å². The first-order valence-electron chi connectivity index (χ1n) is 6.42. The number of aliphatic hydroxyl groups excluding tert-OH is 1. The number of amides is 1. The maximum absolute atomic E-state index is 12.4. The quantitative estimate of drug-likeness (QED) is 0.892. The van der Waals surface area contributed by atoms with Gasteiger partial charge in [0.15, 0.2) is 0 Å². The van der Waals surface area contributed by atoms with Crippen molar-refractivity contribution in [3.05, 3.63) is 35.4 Å². The van der Waals surface area contributed by atoms with E-state index in [-0.39, 0.29) is 24.3 Å². The number of alkyl halides is 3. The van der Waals surface area contributed by atoms with E-state index >= 15 is 0 Å². The van der Waals surface area contributed by atoms with Crippen LogP contribution in [0, 0.1) is 5.92 Å². The molecule has 0 aromatic heterocycles. The Bertz CT molecular complexity index is 482. The number of carbonyl (C=O) groups excluding carboxylic acids is 1. The van der Waals surface area contributed by atoms with Crippen molar-refractivity contribution in [2.45, 2.75) is 31.5 Å². The minimum atomic E-state index is -4.34. The molecule has 1 fully saturated rings. The molecule has 1 saturated carbocycles. The lowest BCUT2D eigenvalue weighted by molar-refractivity contribution is -0.137. The number of hydrogen-bond donors (Lipinski definition) is 2. The Morgan fingerprint density at radius 3 is 2.50 bits per heavy atom. The van der Waals surface area contributed by atoms with E-state index in [1.165, 1.54) is 12.1 Å². The normalized spacial score (nSPS) is 23.2. The molecule has 3 atom stereocenters. The van der Waals surface area contributed by atoms with Crippen LogP contribution in [0.4, 0.5) is 13.2 Å². The van der Waals surface area contributed by atoms with Crippen molar-refractivity contribution in [2.24, 2.45) is 5.92 Å².